The Kier molecular flexibility index (Phi) is 11.3. The normalized spacial score (nSPS) is 27.2. The van der Waals surface area contributed by atoms with Crippen LogP contribution in [0.1, 0.15) is 79.9 Å². The largest absolute Gasteiger partial charge is 0.508 e. The molecule has 0 saturated carbocycles. The highest BCUT2D eigenvalue weighted by Crippen LogP contribution is 2.59. The summed E-state index contributed by atoms with van der Waals surface area (Å²) in [5, 5.41) is 65.3. The molecular weight excluding hydrogens is 769 g/mol. The van der Waals surface area contributed by atoms with E-state index in [1.807, 2.05) is 32.2 Å². The number of fused-ring (bicyclic) bond motifs is 5. The molecule has 4 bridgehead atoms. The number of esters is 1. The third kappa shape index (κ3) is 7.04. The minimum atomic E-state index is -1.33. The third-order valence-corrected chi connectivity index (χ3v) is 13.2. The summed E-state index contributed by atoms with van der Waals surface area (Å²) in [6, 6.07) is 6.31. The molecule has 4 aliphatic heterocycles. The number of dihydropyridines is 2. The molecule has 1 aliphatic carbocycles. The summed E-state index contributed by atoms with van der Waals surface area (Å²) in [5.74, 6) is -2.76. The number of carbonyl (C=O) groups is 1. The number of aromatic hydroxyl groups is 2. The van der Waals surface area contributed by atoms with Gasteiger partial charge in [-0.1, -0.05) is 31.2 Å². The molecule has 0 amide bonds. The highest BCUT2D eigenvalue weighted by molar-refractivity contribution is 5.92. The maximum Gasteiger partial charge on any atom is 0.336 e. The lowest BCUT2D eigenvalue weighted by Crippen LogP contribution is -2.57. The summed E-state index contributed by atoms with van der Waals surface area (Å²) in [5.41, 5.74) is 9.88. The number of benzene rings is 2. The number of ether oxygens (including phenoxy) is 2. The van der Waals surface area contributed by atoms with Crippen LogP contribution in [0.2, 0.25) is 0 Å². The van der Waals surface area contributed by atoms with E-state index in [1.54, 1.807) is 19.1 Å². The molecule has 8 rings (SSSR count). The first-order valence-corrected chi connectivity index (χ1v) is 20.8. The smallest absolute Gasteiger partial charge is 0.336 e. The van der Waals surface area contributed by atoms with Gasteiger partial charge in [0.05, 0.1) is 25.0 Å². The maximum atomic E-state index is 14.1. The van der Waals surface area contributed by atoms with E-state index >= 15 is 0 Å². The number of allylic oxidation sites excluding steroid dienone is 5. The molecule has 5 aliphatic rings. The van der Waals surface area contributed by atoms with Crippen molar-refractivity contribution in [3.63, 3.8) is 0 Å². The maximum absolute atomic E-state index is 14.1. The van der Waals surface area contributed by atoms with Gasteiger partial charge < -0.3 is 55.8 Å². The van der Waals surface area contributed by atoms with E-state index in [4.69, 9.17) is 19.6 Å². The van der Waals surface area contributed by atoms with Crippen LogP contribution in [0.3, 0.4) is 0 Å². The number of carbonyl (C=O) groups excluding carboxylic acids is 1. The molecule has 0 fully saturated rings. The fourth-order valence-electron chi connectivity index (χ4n) is 10.1. The molecular formula is C46H54N4O10. The predicted octanol–water partition coefficient (Wildman–Crippen LogP) is 3.75. The molecule has 14 heteroatoms. The van der Waals surface area contributed by atoms with Crippen molar-refractivity contribution in [1.29, 1.82) is 0 Å². The summed E-state index contributed by atoms with van der Waals surface area (Å²) < 4.78 is 20.2. The Morgan fingerprint density at radius 3 is 2.70 bits per heavy atom. The van der Waals surface area contributed by atoms with Crippen LogP contribution >= 0.6 is 0 Å². The quantitative estimate of drug-likeness (QED) is 0.111. The summed E-state index contributed by atoms with van der Waals surface area (Å²) in [6.07, 6.45) is 10.6. The number of hydrogen-bond donors (Lipinski definition) is 9. The number of aryl methyl sites for hydroxylation is 1. The second-order valence-electron chi connectivity index (χ2n) is 16.5. The van der Waals surface area contributed by atoms with Crippen molar-refractivity contribution in [3.05, 3.63) is 121 Å². The van der Waals surface area contributed by atoms with E-state index in [-0.39, 0.29) is 57.9 Å². The molecule has 0 saturated heterocycles. The lowest BCUT2D eigenvalue weighted by Gasteiger charge is -2.50. The molecule has 318 valence electrons. The van der Waals surface area contributed by atoms with Crippen LogP contribution in [-0.4, -0.2) is 75.7 Å². The molecule has 2 aromatic carbocycles. The van der Waals surface area contributed by atoms with E-state index in [0.717, 1.165) is 34.9 Å². The highest BCUT2D eigenvalue weighted by Gasteiger charge is 2.54. The lowest BCUT2D eigenvalue weighted by atomic mass is 9.65. The molecule has 0 radical (unpaired) electrons. The summed E-state index contributed by atoms with van der Waals surface area (Å²) in [7, 11) is 0. The second kappa shape index (κ2) is 16.5. The van der Waals surface area contributed by atoms with Crippen molar-refractivity contribution in [1.82, 2.24) is 16.0 Å². The van der Waals surface area contributed by atoms with Gasteiger partial charge in [-0.3, -0.25) is 10.1 Å². The molecule has 10 N–H and O–H groups in total. The summed E-state index contributed by atoms with van der Waals surface area (Å²) in [4.78, 5) is 28.0. The number of phenolic OH excluding ortho intramolecular Hbond substituents is 2. The Balaban J connectivity index is 1.48. The van der Waals surface area contributed by atoms with Crippen molar-refractivity contribution in [2.24, 2.45) is 17.6 Å². The van der Waals surface area contributed by atoms with E-state index in [0.29, 0.717) is 49.2 Å². The average molecular weight is 823 g/mol. The van der Waals surface area contributed by atoms with Gasteiger partial charge in [0, 0.05) is 54.1 Å². The molecule has 5 heterocycles. The Morgan fingerprint density at radius 2 is 2.00 bits per heavy atom. The zero-order valence-electron chi connectivity index (χ0n) is 34.1. The van der Waals surface area contributed by atoms with E-state index < -0.39 is 66.4 Å². The van der Waals surface area contributed by atoms with Crippen molar-refractivity contribution < 1.29 is 44.2 Å². The summed E-state index contributed by atoms with van der Waals surface area (Å²) >= 11 is 0. The molecule has 1 unspecified atom stereocenters. The van der Waals surface area contributed by atoms with Crippen molar-refractivity contribution in [2.45, 2.75) is 89.2 Å². The van der Waals surface area contributed by atoms with Gasteiger partial charge in [-0.05, 0) is 98.0 Å². The van der Waals surface area contributed by atoms with Crippen molar-refractivity contribution in [3.8, 4) is 17.2 Å². The Morgan fingerprint density at radius 1 is 1.18 bits per heavy atom. The van der Waals surface area contributed by atoms with Crippen molar-refractivity contribution >= 4 is 16.9 Å². The molecule has 7 atom stereocenters. The monoisotopic (exact) mass is 822 g/mol. The number of rotatable bonds is 9. The number of hydrogen-bond acceptors (Lipinski definition) is 14. The topological polar surface area (TPSA) is 229 Å². The van der Waals surface area contributed by atoms with E-state index in [9.17, 15) is 35.1 Å². The van der Waals surface area contributed by atoms with Gasteiger partial charge in [-0.15, -0.1) is 0 Å². The van der Waals surface area contributed by atoms with Crippen LogP contribution in [-0.2, 0) is 29.0 Å². The molecule has 60 heavy (non-hydrogen) atoms. The number of nitrogens with one attached hydrogen (secondary N) is 3. The van der Waals surface area contributed by atoms with Crippen LogP contribution in [0.25, 0.3) is 11.0 Å². The minimum Gasteiger partial charge on any atom is -0.508 e. The second-order valence-corrected chi connectivity index (χ2v) is 16.5. The Bertz CT molecular complexity index is 2430. The van der Waals surface area contributed by atoms with E-state index in [1.165, 1.54) is 6.08 Å². The Labute approximate surface area is 347 Å². The molecule has 1 aromatic heterocycles. The van der Waals surface area contributed by atoms with Crippen LogP contribution in [0, 0.1) is 11.8 Å². The van der Waals surface area contributed by atoms with Gasteiger partial charge in [0.2, 0.25) is 0 Å². The van der Waals surface area contributed by atoms with E-state index in [2.05, 4.69) is 28.1 Å². The number of aliphatic hydroxyl groups is 3. The molecule has 3 aromatic rings. The molecule has 14 nitrogen and oxygen atoms in total. The SMILES string of the molecule is C/C=C(/CO)C(=O)O[C@@H]1Cc2c3c(c4oc(CO)cc(=O)c4c2O)[C@@H]2C4=CCNC(N)=C4[C@@H](CCc4ccc(O)cc4[C@H]2CO)C[C@@H](CC2=CNC(NCC)C=C2)[C@]1(C)O3. The zero-order chi connectivity index (χ0) is 42.5. The lowest BCUT2D eigenvalue weighted by molar-refractivity contribution is -0.166. The van der Waals surface area contributed by atoms with Gasteiger partial charge in [0.15, 0.2) is 5.43 Å². The number of nitrogens with two attached hydrogens (primary N) is 1. The third-order valence-electron chi connectivity index (χ3n) is 13.2. The first-order chi connectivity index (χ1) is 28.9. The van der Waals surface area contributed by atoms with Gasteiger partial charge in [0.25, 0.3) is 0 Å². The predicted molar refractivity (Wildman–Crippen MR) is 224 cm³/mol. The number of phenols is 2. The highest BCUT2D eigenvalue weighted by atomic mass is 16.6. The number of aliphatic hydroxyl groups excluding tert-OH is 3. The fourth-order valence-corrected chi connectivity index (χ4v) is 10.1. The first-order valence-electron chi connectivity index (χ1n) is 20.8. The fraction of sp³-hybridized carbons (Fsp3) is 0.435. The average Bonchev–Trinajstić information content (AvgIpc) is 3.28. The summed E-state index contributed by atoms with van der Waals surface area (Å²) in [6.45, 7) is 5.13. The van der Waals surface area contributed by atoms with Gasteiger partial charge >= 0.3 is 5.97 Å². The zero-order valence-corrected chi connectivity index (χ0v) is 34.1. The first kappa shape index (κ1) is 41.2. The Hall–Kier alpha value is -5.54. The van der Waals surface area contributed by atoms with Crippen LogP contribution < -0.4 is 31.8 Å². The van der Waals surface area contributed by atoms with Crippen LogP contribution in [0.4, 0.5) is 0 Å². The van der Waals surface area contributed by atoms with Gasteiger partial charge in [-0.25, -0.2) is 4.79 Å². The van der Waals surface area contributed by atoms with Crippen molar-refractivity contribution in [2.75, 3.05) is 26.3 Å². The minimum absolute atomic E-state index is 0.0167. The number of likely N-dealkylation sites (N-methyl/N-ethyl adjacent to an activating group) is 1. The molecule has 0 spiro atoms. The van der Waals surface area contributed by atoms with Gasteiger partial charge in [-0.2, -0.15) is 0 Å². The standard InChI is InChI=1S/C46H54N4O10/c1-4-24(20-51)45(57)59-35-18-32-41(56)39-34(55)17-29(21-52)58-43(39)40-38-30-12-13-49-44(47)37(30)26(8-7-25-9-10-28(54)16-31(25)33(38)22-53)15-27(46(35,3)60-42(32)40)14-23-6-11-36(48-5-2)50-19-23/h4,6,9-12,16-17,19,26-27,33,35-36,38,48-54,56H,5,7-8,13-15,18,20-22,47H2,1-3H3/b24-4-/t26-,27+,33+,35+,36?,38+,46-/m0/s1. The van der Waals surface area contributed by atoms with Crippen LogP contribution in [0.5, 0.6) is 17.2 Å². The van der Waals surface area contributed by atoms with Crippen LogP contribution in [0.15, 0.2) is 92.1 Å². The van der Waals surface area contributed by atoms with Gasteiger partial charge in [0.1, 0.15) is 58.1 Å².